The molecule has 0 bridgehead atoms. The summed E-state index contributed by atoms with van der Waals surface area (Å²) in [5.74, 6) is 1.33. The predicted molar refractivity (Wildman–Crippen MR) is 131 cm³/mol. The maximum atomic E-state index is 14.8. The number of unbranched alkanes of at least 4 members (excludes halogenated alkanes) is 1. The van der Waals surface area contributed by atoms with E-state index in [1.165, 1.54) is 13.2 Å². The Balaban J connectivity index is 1.77. The summed E-state index contributed by atoms with van der Waals surface area (Å²) in [6.45, 7) is 3.17. The lowest BCUT2D eigenvalue weighted by Crippen LogP contribution is -2.17. The van der Waals surface area contributed by atoms with Crippen molar-refractivity contribution in [2.75, 3.05) is 33.2 Å². The minimum atomic E-state index is -3.63. The predicted octanol–water partition coefficient (Wildman–Crippen LogP) is 5.46. The van der Waals surface area contributed by atoms with E-state index in [1.54, 1.807) is 42.5 Å². The van der Waals surface area contributed by atoms with Gasteiger partial charge < -0.3 is 23.1 Å². The Morgan fingerprint density at radius 2 is 1.63 bits per heavy atom. The summed E-state index contributed by atoms with van der Waals surface area (Å²) in [5, 5.41) is 0. The molecule has 0 aliphatic carbocycles. The molecule has 0 radical (unpaired) electrons. The topological polar surface area (TPSA) is 80.3 Å². The molecule has 4 rings (SSSR count). The number of methoxy groups -OCH3 is 1. The average molecular weight is 503 g/mol. The van der Waals surface area contributed by atoms with E-state index in [0.717, 1.165) is 24.7 Å². The van der Waals surface area contributed by atoms with Crippen molar-refractivity contribution in [2.45, 2.75) is 19.8 Å². The van der Waals surface area contributed by atoms with E-state index >= 15 is 0 Å². The van der Waals surface area contributed by atoms with Crippen LogP contribution in [0.15, 0.2) is 48.5 Å². The quantitative estimate of drug-likeness (QED) is 0.284. The van der Waals surface area contributed by atoms with Crippen molar-refractivity contribution in [2.24, 2.45) is 0 Å². The highest BCUT2D eigenvalue weighted by atomic mass is 32.2. The van der Waals surface area contributed by atoms with Gasteiger partial charge in [0.15, 0.2) is 23.1 Å². The highest BCUT2D eigenvalue weighted by Crippen LogP contribution is 2.51. The van der Waals surface area contributed by atoms with Crippen molar-refractivity contribution >= 4 is 10.1 Å². The van der Waals surface area contributed by atoms with E-state index in [1.807, 2.05) is 6.92 Å². The van der Waals surface area contributed by atoms with E-state index in [0.29, 0.717) is 53.8 Å². The Kier molecular flexibility index (Phi) is 7.35. The number of hydrogen-bond donors (Lipinski definition) is 0. The van der Waals surface area contributed by atoms with Gasteiger partial charge in [-0.2, -0.15) is 8.42 Å². The van der Waals surface area contributed by atoms with E-state index in [2.05, 4.69) is 0 Å². The van der Waals surface area contributed by atoms with Crippen LogP contribution in [0.25, 0.3) is 22.3 Å². The van der Waals surface area contributed by atoms with Crippen LogP contribution in [-0.4, -0.2) is 41.6 Å². The Morgan fingerprint density at radius 1 is 0.943 bits per heavy atom. The molecule has 0 saturated heterocycles. The third kappa shape index (κ3) is 5.62. The molecule has 1 aliphatic heterocycles. The fraction of sp³-hybridized carbons (Fsp3) is 0.308. The molecule has 35 heavy (non-hydrogen) atoms. The van der Waals surface area contributed by atoms with E-state index in [9.17, 15) is 12.8 Å². The standard InChI is InChI=1S/C26H27FO7S/c1-4-5-12-31-22-11-8-18(15-21(22)27)24-23(30-2)16-20(25-26(24)33-14-13-32-25)17-6-9-19(10-7-17)34-35(3,28)29/h6-11,15-16H,4-5,12-14H2,1-3H3. The second-order valence-corrected chi connectivity index (χ2v) is 9.59. The fourth-order valence-corrected chi connectivity index (χ4v) is 4.26. The first kappa shape index (κ1) is 24.7. The van der Waals surface area contributed by atoms with Crippen LogP contribution in [0, 0.1) is 5.82 Å². The summed E-state index contributed by atoms with van der Waals surface area (Å²) in [7, 11) is -2.11. The maximum Gasteiger partial charge on any atom is 0.306 e. The number of halogens is 1. The van der Waals surface area contributed by atoms with Crippen molar-refractivity contribution in [1.82, 2.24) is 0 Å². The molecule has 7 nitrogen and oxygen atoms in total. The highest BCUT2D eigenvalue weighted by Gasteiger charge is 2.27. The summed E-state index contributed by atoms with van der Waals surface area (Å²) >= 11 is 0. The third-order valence-corrected chi connectivity index (χ3v) is 5.88. The van der Waals surface area contributed by atoms with Gasteiger partial charge in [-0.3, -0.25) is 0 Å². The monoisotopic (exact) mass is 502 g/mol. The normalized spacial score (nSPS) is 12.8. The van der Waals surface area contributed by atoms with Crippen LogP contribution >= 0.6 is 0 Å². The van der Waals surface area contributed by atoms with Crippen LogP contribution in [0.4, 0.5) is 4.39 Å². The molecule has 3 aromatic rings. The van der Waals surface area contributed by atoms with E-state index in [4.69, 9.17) is 23.1 Å². The molecular formula is C26H27FO7S. The molecule has 0 fully saturated rings. The first-order valence-electron chi connectivity index (χ1n) is 11.2. The van der Waals surface area contributed by atoms with Gasteiger partial charge in [-0.15, -0.1) is 0 Å². The largest absolute Gasteiger partial charge is 0.496 e. The van der Waals surface area contributed by atoms with Crippen LogP contribution in [0.3, 0.4) is 0 Å². The second kappa shape index (κ2) is 10.4. The second-order valence-electron chi connectivity index (χ2n) is 8.02. The number of benzene rings is 3. The van der Waals surface area contributed by atoms with Gasteiger partial charge in [0.05, 0.1) is 25.5 Å². The fourth-order valence-electron chi connectivity index (χ4n) is 3.80. The molecule has 0 unspecified atom stereocenters. The molecular weight excluding hydrogens is 475 g/mol. The van der Waals surface area contributed by atoms with Gasteiger partial charge in [0, 0.05) is 5.56 Å². The zero-order chi connectivity index (χ0) is 25.0. The lowest BCUT2D eigenvalue weighted by Gasteiger charge is -2.26. The van der Waals surface area contributed by atoms with Crippen LogP contribution < -0.4 is 23.1 Å². The van der Waals surface area contributed by atoms with Gasteiger partial charge >= 0.3 is 10.1 Å². The zero-order valence-corrected chi connectivity index (χ0v) is 20.6. The third-order valence-electron chi connectivity index (χ3n) is 5.38. The number of rotatable bonds is 9. The lowest BCUT2D eigenvalue weighted by molar-refractivity contribution is 0.172. The van der Waals surface area contributed by atoms with Crippen molar-refractivity contribution in [3.8, 4) is 51.0 Å². The molecule has 3 aromatic carbocycles. The molecule has 0 N–H and O–H groups in total. The average Bonchev–Trinajstić information content (AvgIpc) is 2.83. The minimum Gasteiger partial charge on any atom is -0.496 e. The molecule has 0 saturated carbocycles. The Morgan fingerprint density at radius 3 is 2.26 bits per heavy atom. The Hall–Kier alpha value is -3.46. The SMILES string of the molecule is CCCCOc1ccc(-c2c(OC)cc(-c3ccc(OS(C)(=O)=O)cc3)c3c2OCCO3)cc1F. The van der Waals surface area contributed by atoms with Gasteiger partial charge in [0.1, 0.15) is 24.7 Å². The number of ether oxygens (including phenoxy) is 4. The molecule has 1 heterocycles. The van der Waals surface area contributed by atoms with Crippen molar-refractivity contribution < 1.29 is 35.9 Å². The number of hydrogen-bond acceptors (Lipinski definition) is 7. The van der Waals surface area contributed by atoms with Gasteiger partial charge in [-0.05, 0) is 47.9 Å². The summed E-state index contributed by atoms with van der Waals surface area (Å²) in [6, 6.07) is 13.1. The van der Waals surface area contributed by atoms with Crippen molar-refractivity contribution in [3.63, 3.8) is 0 Å². The number of fused-ring (bicyclic) bond motifs is 1. The summed E-state index contributed by atoms with van der Waals surface area (Å²) < 4.78 is 65.8. The summed E-state index contributed by atoms with van der Waals surface area (Å²) in [4.78, 5) is 0. The molecule has 9 heteroatoms. The first-order valence-corrected chi connectivity index (χ1v) is 13.1. The van der Waals surface area contributed by atoms with Crippen LogP contribution in [-0.2, 0) is 10.1 Å². The van der Waals surface area contributed by atoms with Crippen LogP contribution in [0.1, 0.15) is 19.8 Å². The molecule has 0 amide bonds. The maximum absolute atomic E-state index is 14.8. The van der Waals surface area contributed by atoms with Crippen LogP contribution in [0.5, 0.6) is 28.7 Å². The van der Waals surface area contributed by atoms with E-state index < -0.39 is 15.9 Å². The Labute approximate surface area is 204 Å². The summed E-state index contributed by atoms with van der Waals surface area (Å²) in [5.41, 5.74) is 2.56. The van der Waals surface area contributed by atoms with E-state index in [-0.39, 0.29) is 11.5 Å². The highest BCUT2D eigenvalue weighted by molar-refractivity contribution is 7.86. The van der Waals surface area contributed by atoms with Gasteiger partial charge in [-0.25, -0.2) is 4.39 Å². The van der Waals surface area contributed by atoms with Crippen LogP contribution in [0.2, 0.25) is 0 Å². The van der Waals surface area contributed by atoms with Gasteiger partial charge in [-0.1, -0.05) is 31.5 Å². The smallest absolute Gasteiger partial charge is 0.306 e. The first-order chi connectivity index (χ1) is 16.8. The molecule has 0 atom stereocenters. The van der Waals surface area contributed by atoms with Gasteiger partial charge in [0.2, 0.25) is 0 Å². The molecule has 1 aliphatic rings. The molecule has 186 valence electrons. The Bertz CT molecular complexity index is 1300. The van der Waals surface area contributed by atoms with Crippen molar-refractivity contribution in [3.05, 3.63) is 54.3 Å². The summed E-state index contributed by atoms with van der Waals surface area (Å²) in [6.07, 6.45) is 2.79. The van der Waals surface area contributed by atoms with Crippen molar-refractivity contribution in [1.29, 1.82) is 0 Å². The molecule has 0 aromatic heterocycles. The minimum absolute atomic E-state index is 0.195. The van der Waals surface area contributed by atoms with Gasteiger partial charge in [0.25, 0.3) is 0 Å². The lowest BCUT2D eigenvalue weighted by atomic mass is 9.96. The molecule has 0 spiro atoms. The zero-order valence-electron chi connectivity index (χ0n) is 19.8.